The van der Waals surface area contributed by atoms with Crippen LogP contribution in [0.5, 0.6) is 0 Å². The Morgan fingerprint density at radius 2 is 2.40 bits per heavy atom. The SMILES string of the molecule is C=CCCC(=O)N1CC(c2nc(-c3ccco3)no2)C1. The Balaban J connectivity index is 1.58. The Morgan fingerprint density at radius 1 is 1.55 bits per heavy atom. The molecule has 3 heterocycles. The minimum Gasteiger partial charge on any atom is -0.461 e. The van der Waals surface area contributed by atoms with E-state index in [0.29, 0.717) is 43.4 Å². The lowest BCUT2D eigenvalue weighted by Crippen LogP contribution is -2.48. The first-order valence-electron chi connectivity index (χ1n) is 6.54. The van der Waals surface area contributed by atoms with Crippen LogP contribution < -0.4 is 0 Å². The van der Waals surface area contributed by atoms with Gasteiger partial charge in [-0.3, -0.25) is 4.79 Å². The van der Waals surface area contributed by atoms with Gasteiger partial charge in [-0.25, -0.2) is 0 Å². The summed E-state index contributed by atoms with van der Waals surface area (Å²) in [4.78, 5) is 17.9. The van der Waals surface area contributed by atoms with Crippen molar-refractivity contribution in [2.45, 2.75) is 18.8 Å². The van der Waals surface area contributed by atoms with Gasteiger partial charge in [-0.2, -0.15) is 4.98 Å². The zero-order chi connectivity index (χ0) is 13.9. The van der Waals surface area contributed by atoms with Crippen LogP contribution in [0.4, 0.5) is 0 Å². The molecule has 6 nitrogen and oxygen atoms in total. The number of carbonyl (C=O) groups excluding carboxylic acids is 1. The Hall–Kier alpha value is -2.37. The maximum atomic E-state index is 11.7. The Bertz CT molecular complexity index is 597. The van der Waals surface area contributed by atoms with Crippen LogP contribution in [0.15, 0.2) is 40.0 Å². The van der Waals surface area contributed by atoms with Crippen molar-refractivity contribution in [1.29, 1.82) is 0 Å². The highest BCUT2D eigenvalue weighted by molar-refractivity contribution is 5.77. The van der Waals surface area contributed by atoms with E-state index in [1.54, 1.807) is 29.4 Å². The summed E-state index contributed by atoms with van der Waals surface area (Å²) < 4.78 is 10.4. The van der Waals surface area contributed by atoms with Crippen LogP contribution in [0.3, 0.4) is 0 Å². The van der Waals surface area contributed by atoms with E-state index in [-0.39, 0.29) is 11.8 Å². The topological polar surface area (TPSA) is 72.4 Å². The monoisotopic (exact) mass is 273 g/mol. The number of aromatic nitrogens is 2. The van der Waals surface area contributed by atoms with E-state index in [2.05, 4.69) is 16.7 Å². The highest BCUT2D eigenvalue weighted by atomic mass is 16.5. The maximum Gasteiger partial charge on any atom is 0.238 e. The standard InChI is InChI=1S/C14H15N3O3/c1-2-3-6-12(18)17-8-10(9-17)14-15-13(16-20-14)11-5-4-7-19-11/h2,4-5,7,10H,1,3,6,8-9H2. The van der Waals surface area contributed by atoms with Gasteiger partial charge in [-0.1, -0.05) is 11.2 Å². The van der Waals surface area contributed by atoms with Gasteiger partial charge in [0.05, 0.1) is 12.2 Å². The summed E-state index contributed by atoms with van der Waals surface area (Å²) in [6, 6.07) is 3.55. The number of allylic oxidation sites excluding steroid dienone is 1. The maximum absolute atomic E-state index is 11.7. The van der Waals surface area contributed by atoms with E-state index >= 15 is 0 Å². The van der Waals surface area contributed by atoms with Crippen molar-refractivity contribution < 1.29 is 13.7 Å². The lowest BCUT2D eigenvalue weighted by Gasteiger charge is -2.37. The Kier molecular flexibility index (Phi) is 3.37. The number of nitrogens with zero attached hydrogens (tertiary/aromatic N) is 3. The number of carbonyl (C=O) groups is 1. The molecular formula is C14H15N3O3. The third-order valence-electron chi connectivity index (χ3n) is 3.33. The Morgan fingerprint density at radius 3 is 3.10 bits per heavy atom. The number of hydrogen-bond acceptors (Lipinski definition) is 5. The zero-order valence-electron chi connectivity index (χ0n) is 11.0. The molecule has 0 saturated carbocycles. The molecule has 0 radical (unpaired) electrons. The summed E-state index contributed by atoms with van der Waals surface area (Å²) >= 11 is 0. The average Bonchev–Trinajstić information content (AvgIpc) is 3.04. The fourth-order valence-electron chi connectivity index (χ4n) is 2.13. The highest BCUT2D eigenvalue weighted by Crippen LogP contribution is 2.28. The molecule has 0 bridgehead atoms. The van der Waals surface area contributed by atoms with E-state index in [1.165, 1.54) is 0 Å². The highest BCUT2D eigenvalue weighted by Gasteiger charge is 2.35. The second kappa shape index (κ2) is 5.32. The molecule has 3 rings (SSSR count). The summed E-state index contributed by atoms with van der Waals surface area (Å²) in [5.74, 6) is 1.86. The van der Waals surface area contributed by atoms with Gasteiger partial charge in [0.2, 0.25) is 17.6 Å². The van der Waals surface area contributed by atoms with Crippen LogP contribution in [0.2, 0.25) is 0 Å². The minimum atomic E-state index is 0.124. The molecule has 0 N–H and O–H groups in total. The van der Waals surface area contributed by atoms with Crippen LogP contribution in [0.1, 0.15) is 24.7 Å². The summed E-state index contributed by atoms with van der Waals surface area (Å²) in [6.45, 7) is 4.88. The summed E-state index contributed by atoms with van der Waals surface area (Å²) in [5, 5.41) is 3.88. The van der Waals surface area contributed by atoms with Crippen molar-refractivity contribution in [2.75, 3.05) is 13.1 Å². The van der Waals surface area contributed by atoms with Crippen molar-refractivity contribution in [3.05, 3.63) is 36.9 Å². The van der Waals surface area contributed by atoms with Gasteiger partial charge < -0.3 is 13.8 Å². The van der Waals surface area contributed by atoms with Gasteiger partial charge in [0.25, 0.3) is 0 Å². The van der Waals surface area contributed by atoms with Crippen molar-refractivity contribution in [1.82, 2.24) is 15.0 Å². The first-order valence-corrected chi connectivity index (χ1v) is 6.54. The number of furan rings is 1. The van der Waals surface area contributed by atoms with Gasteiger partial charge in [-0.15, -0.1) is 6.58 Å². The van der Waals surface area contributed by atoms with Crippen molar-refractivity contribution in [3.8, 4) is 11.6 Å². The smallest absolute Gasteiger partial charge is 0.238 e. The predicted molar refractivity (Wildman–Crippen MR) is 70.8 cm³/mol. The van der Waals surface area contributed by atoms with Crippen LogP contribution in [-0.4, -0.2) is 34.0 Å². The van der Waals surface area contributed by atoms with Crippen LogP contribution in [0, 0.1) is 0 Å². The molecule has 0 unspecified atom stereocenters. The third kappa shape index (κ3) is 2.36. The summed E-state index contributed by atoms with van der Waals surface area (Å²) in [7, 11) is 0. The molecule has 20 heavy (non-hydrogen) atoms. The largest absolute Gasteiger partial charge is 0.461 e. The lowest BCUT2D eigenvalue weighted by molar-refractivity contribution is -0.135. The molecule has 0 spiro atoms. The van der Waals surface area contributed by atoms with Crippen molar-refractivity contribution >= 4 is 5.91 Å². The van der Waals surface area contributed by atoms with Crippen LogP contribution in [-0.2, 0) is 4.79 Å². The van der Waals surface area contributed by atoms with Gasteiger partial charge in [0.15, 0.2) is 5.76 Å². The quantitative estimate of drug-likeness (QED) is 0.781. The number of amides is 1. The first kappa shape index (κ1) is 12.7. The number of likely N-dealkylation sites (tertiary alicyclic amines) is 1. The zero-order valence-corrected chi connectivity index (χ0v) is 11.0. The van der Waals surface area contributed by atoms with E-state index in [0.717, 1.165) is 0 Å². The number of rotatable bonds is 5. The third-order valence-corrected chi connectivity index (χ3v) is 3.33. The van der Waals surface area contributed by atoms with Crippen LogP contribution >= 0.6 is 0 Å². The second-order valence-corrected chi connectivity index (χ2v) is 4.76. The molecule has 6 heteroatoms. The van der Waals surface area contributed by atoms with Crippen molar-refractivity contribution in [2.24, 2.45) is 0 Å². The molecule has 0 aromatic carbocycles. The van der Waals surface area contributed by atoms with Gasteiger partial charge in [-0.05, 0) is 18.6 Å². The minimum absolute atomic E-state index is 0.124. The second-order valence-electron chi connectivity index (χ2n) is 4.76. The molecular weight excluding hydrogens is 258 g/mol. The molecule has 2 aromatic rings. The van der Waals surface area contributed by atoms with E-state index in [9.17, 15) is 4.79 Å². The normalized spacial score (nSPS) is 15.1. The fourth-order valence-corrected chi connectivity index (χ4v) is 2.13. The predicted octanol–water partition coefficient (Wildman–Crippen LogP) is 2.22. The van der Waals surface area contributed by atoms with Gasteiger partial charge in [0.1, 0.15) is 0 Å². The molecule has 0 atom stereocenters. The van der Waals surface area contributed by atoms with Crippen LogP contribution in [0.25, 0.3) is 11.6 Å². The van der Waals surface area contributed by atoms with Gasteiger partial charge >= 0.3 is 0 Å². The average molecular weight is 273 g/mol. The lowest BCUT2D eigenvalue weighted by atomic mass is 9.99. The Labute approximate surface area is 116 Å². The molecule has 0 aliphatic carbocycles. The summed E-state index contributed by atoms with van der Waals surface area (Å²) in [5.41, 5.74) is 0. The molecule has 1 aliphatic rings. The number of hydrogen-bond donors (Lipinski definition) is 0. The van der Waals surface area contributed by atoms with E-state index in [4.69, 9.17) is 8.94 Å². The van der Waals surface area contributed by atoms with E-state index in [1.807, 2.05) is 0 Å². The van der Waals surface area contributed by atoms with E-state index < -0.39 is 0 Å². The molecule has 1 aliphatic heterocycles. The first-order chi connectivity index (χ1) is 9.78. The fraction of sp³-hybridized carbons (Fsp3) is 0.357. The summed E-state index contributed by atoms with van der Waals surface area (Å²) in [6.07, 6.45) is 4.54. The molecule has 104 valence electrons. The molecule has 1 amide bonds. The van der Waals surface area contributed by atoms with Gasteiger partial charge in [0, 0.05) is 19.5 Å². The molecule has 2 aromatic heterocycles. The van der Waals surface area contributed by atoms with Crippen molar-refractivity contribution in [3.63, 3.8) is 0 Å². The molecule has 1 fully saturated rings. The molecule has 1 saturated heterocycles.